The van der Waals surface area contributed by atoms with E-state index in [2.05, 4.69) is 0 Å². The number of imide groups is 2. The molecule has 4 amide bonds. The molecule has 1 aromatic rings. The number of hydrogen-bond acceptors (Lipinski definition) is 5. The van der Waals surface area contributed by atoms with Crippen molar-refractivity contribution in [1.29, 1.82) is 0 Å². The molecule has 3 N–H and O–H groups in total. The van der Waals surface area contributed by atoms with Crippen LogP contribution in [-0.2, 0) is 9.59 Å². The molecule has 7 nitrogen and oxygen atoms in total. The summed E-state index contributed by atoms with van der Waals surface area (Å²) in [5.41, 5.74) is 0.0136. The first-order valence-electron chi connectivity index (χ1n) is 4.98. The number of carbonyl (C=O) groups excluding carboxylic acids is 4. The number of barbiturate groups is 1. The maximum atomic E-state index is 11.9. The number of aromatic hydroxyl groups is 1. The Morgan fingerprint density at radius 1 is 1.11 bits per heavy atom. The monoisotopic (exact) mass is 248 g/mol. The molecule has 92 valence electrons. The lowest BCUT2D eigenvalue weighted by molar-refractivity contribution is -0.133. The van der Waals surface area contributed by atoms with E-state index in [1.54, 1.807) is 0 Å². The van der Waals surface area contributed by atoms with Crippen LogP contribution in [0.4, 0.5) is 4.79 Å². The van der Waals surface area contributed by atoms with Gasteiger partial charge in [0.1, 0.15) is 5.75 Å². The van der Waals surface area contributed by atoms with Gasteiger partial charge in [-0.1, -0.05) is 12.1 Å². The molecule has 0 radical (unpaired) electrons. The first kappa shape index (κ1) is 11.8. The lowest BCUT2D eigenvalue weighted by Gasteiger charge is -2.19. The van der Waals surface area contributed by atoms with E-state index in [0.29, 0.717) is 0 Å². The van der Waals surface area contributed by atoms with Crippen LogP contribution >= 0.6 is 0 Å². The Morgan fingerprint density at radius 3 is 2.28 bits per heavy atom. The second kappa shape index (κ2) is 4.28. The Labute approximate surface area is 101 Å². The third-order valence-corrected chi connectivity index (χ3v) is 2.39. The van der Waals surface area contributed by atoms with Crippen LogP contribution in [0.3, 0.4) is 0 Å². The number of ketones is 1. The van der Waals surface area contributed by atoms with E-state index >= 15 is 0 Å². The van der Waals surface area contributed by atoms with Crippen LogP contribution in [0.25, 0.3) is 0 Å². The molecular weight excluding hydrogens is 240 g/mol. The SMILES string of the molecule is O=C1NC(=O)C(C(=O)c2cccc(O)c2)C(=O)N1. The van der Waals surface area contributed by atoms with Crippen LogP contribution < -0.4 is 10.6 Å². The molecule has 0 aliphatic carbocycles. The largest absolute Gasteiger partial charge is 0.508 e. The van der Waals surface area contributed by atoms with Crippen molar-refractivity contribution in [2.45, 2.75) is 0 Å². The van der Waals surface area contributed by atoms with Crippen LogP contribution in [0, 0.1) is 5.92 Å². The van der Waals surface area contributed by atoms with Crippen molar-refractivity contribution in [3.63, 3.8) is 0 Å². The van der Waals surface area contributed by atoms with Crippen molar-refractivity contribution in [3.8, 4) is 5.75 Å². The number of hydrogen-bond donors (Lipinski definition) is 3. The van der Waals surface area contributed by atoms with E-state index in [9.17, 15) is 24.3 Å². The average Bonchev–Trinajstić information content (AvgIpc) is 2.27. The van der Waals surface area contributed by atoms with E-state index in [1.165, 1.54) is 18.2 Å². The summed E-state index contributed by atoms with van der Waals surface area (Å²) in [6, 6.07) is 4.30. The molecule has 0 atom stereocenters. The van der Waals surface area contributed by atoms with E-state index in [4.69, 9.17) is 0 Å². The second-order valence-electron chi connectivity index (χ2n) is 3.66. The van der Waals surface area contributed by atoms with Gasteiger partial charge in [-0.15, -0.1) is 0 Å². The third kappa shape index (κ3) is 2.05. The van der Waals surface area contributed by atoms with E-state index in [0.717, 1.165) is 6.07 Å². The number of phenolic OH excluding ortho intramolecular Hbond substituents is 1. The van der Waals surface area contributed by atoms with Gasteiger partial charge >= 0.3 is 6.03 Å². The fourth-order valence-corrected chi connectivity index (χ4v) is 1.58. The molecule has 18 heavy (non-hydrogen) atoms. The predicted octanol–water partition coefficient (Wildman–Crippen LogP) is -0.443. The molecule has 0 saturated carbocycles. The maximum Gasteiger partial charge on any atom is 0.328 e. The first-order valence-corrected chi connectivity index (χ1v) is 4.98. The van der Waals surface area contributed by atoms with Crippen LogP contribution in [0.15, 0.2) is 24.3 Å². The second-order valence-corrected chi connectivity index (χ2v) is 3.66. The summed E-state index contributed by atoms with van der Waals surface area (Å²) in [7, 11) is 0. The molecule has 1 aliphatic rings. The summed E-state index contributed by atoms with van der Waals surface area (Å²) in [5.74, 6) is -4.51. The summed E-state index contributed by atoms with van der Waals surface area (Å²) in [5, 5.41) is 12.9. The highest BCUT2D eigenvalue weighted by molar-refractivity contribution is 6.29. The zero-order chi connectivity index (χ0) is 13.3. The molecule has 1 aliphatic heterocycles. The minimum Gasteiger partial charge on any atom is -0.508 e. The molecular formula is C11H8N2O5. The minimum absolute atomic E-state index is 0.0136. The van der Waals surface area contributed by atoms with Crippen LogP contribution in [0.5, 0.6) is 5.75 Å². The minimum atomic E-state index is -1.62. The van der Waals surface area contributed by atoms with Gasteiger partial charge in [0, 0.05) is 5.56 Å². The summed E-state index contributed by atoms with van der Waals surface area (Å²) < 4.78 is 0. The molecule has 1 aromatic carbocycles. The summed E-state index contributed by atoms with van der Waals surface area (Å²) in [4.78, 5) is 45.6. The highest BCUT2D eigenvalue weighted by Gasteiger charge is 2.40. The topological polar surface area (TPSA) is 113 Å². The number of amides is 4. The summed E-state index contributed by atoms with van der Waals surface area (Å²) in [6.07, 6.45) is 0. The van der Waals surface area contributed by atoms with E-state index in [-0.39, 0.29) is 11.3 Å². The zero-order valence-electron chi connectivity index (χ0n) is 8.97. The van der Waals surface area contributed by atoms with E-state index in [1.807, 2.05) is 10.6 Å². The summed E-state index contributed by atoms with van der Waals surface area (Å²) in [6.45, 7) is 0. The number of benzene rings is 1. The lowest BCUT2D eigenvalue weighted by atomic mass is 9.95. The predicted molar refractivity (Wildman–Crippen MR) is 57.6 cm³/mol. The molecule has 0 aromatic heterocycles. The van der Waals surface area contributed by atoms with Gasteiger partial charge in [-0.05, 0) is 12.1 Å². The molecule has 7 heteroatoms. The van der Waals surface area contributed by atoms with Gasteiger partial charge in [0.2, 0.25) is 11.8 Å². The normalized spacial score (nSPS) is 16.1. The van der Waals surface area contributed by atoms with Crippen LogP contribution in [0.2, 0.25) is 0 Å². The van der Waals surface area contributed by atoms with Gasteiger partial charge in [0.15, 0.2) is 11.7 Å². The van der Waals surface area contributed by atoms with Crippen LogP contribution in [0.1, 0.15) is 10.4 Å². The molecule has 0 unspecified atom stereocenters. The van der Waals surface area contributed by atoms with Crippen molar-refractivity contribution < 1.29 is 24.3 Å². The van der Waals surface area contributed by atoms with Crippen molar-refractivity contribution in [1.82, 2.24) is 10.6 Å². The number of phenols is 1. The molecule has 0 spiro atoms. The van der Waals surface area contributed by atoms with Gasteiger partial charge < -0.3 is 5.11 Å². The smallest absolute Gasteiger partial charge is 0.328 e. The molecule has 0 bridgehead atoms. The zero-order valence-corrected chi connectivity index (χ0v) is 8.97. The molecule has 1 fully saturated rings. The quantitative estimate of drug-likeness (QED) is 0.485. The van der Waals surface area contributed by atoms with Crippen molar-refractivity contribution in [2.75, 3.05) is 0 Å². The Bertz CT molecular complexity index is 546. The molecule has 2 rings (SSSR count). The standard InChI is InChI=1S/C11H8N2O5/c14-6-3-1-2-5(4-6)8(15)7-9(16)12-11(18)13-10(7)17/h1-4,7,14H,(H2,12,13,16,17,18). The van der Waals surface area contributed by atoms with Gasteiger partial charge in [-0.3, -0.25) is 25.0 Å². The first-order chi connectivity index (χ1) is 8.49. The molecule has 1 heterocycles. The van der Waals surface area contributed by atoms with Gasteiger partial charge in [-0.2, -0.15) is 0 Å². The number of urea groups is 1. The highest BCUT2D eigenvalue weighted by Crippen LogP contribution is 2.16. The highest BCUT2D eigenvalue weighted by atomic mass is 16.3. The molecule has 1 saturated heterocycles. The van der Waals surface area contributed by atoms with Gasteiger partial charge in [0.05, 0.1) is 0 Å². The van der Waals surface area contributed by atoms with Crippen LogP contribution in [-0.4, -0.2) is 28.7 Å². The number of rotatable bonds is 2. The maximum absolute atomic E-state index is 11.9. The van der Waals surface area contributed by atoms with Crippen molar-refractivity contribution >= 4 is 23.6 Å². The van der Waals surface area contributed by atoms with Crippen molar-refractivity contribution in [3.05, 3.63) is 29.8 Å². The Morgan fingerprint density at radius 2 is 1.72 bits per heavy atom. The fraction of sp³-hybridized carbons (Fsp3) is 0.0909. The van der Waals surface area contributed by atoms with Gasteiger partial charge in [0.25, 0.3) is 0 Å². The van der Waals surface area contributed by atoms with Crippen molar-refractivity contribution in [2.24, 2.45) is 5.92 Å². The Hall–Kier alpha value is -2.70. The lowest BCUT2D eigenvalue weighted by Crippen LogP contribution is -2.57. The Balaban J connectivity index is 2.31. The average molecular weight is 248 g/mol. The summed E-state index contributed by atoms with van der Waals surface area (Å²) >= 11 is 0. The number of carbonyl (C=O) groups is 4. The van der Waals surface area contributed by atoms with E-state index < -0.39 is 29.5 Å². The number of Topliss-reactive ketones (excluding diaryl/α,β-unsaturated/α-hetero) is 1. The fourth-order valence-electron chi connectivity index (χ4n) is 1.58. The number of nitrogens with one attached hydrogen (secondary N) is 2. The Kier molecular flexibility index (Phi) is 2.80. The van der Waals surface area contributed by atoms with Gasteiger partial charge in [-0.25, -0.2) is 4.79 Å². The third-order valence-electron chi connectivity index (χ3n) is 2.39.